The van der Waals surface area contributed by atoms with Crippen LogP contribution in [0, 0.1) is 0 Å². The van der Waals surface area contributed by atoms with Crippen LogP contribution in [0.25, 0.3) is 115 Å². The van der Waals surface area contributed by atoms with Crippen molar-refractivity contribution in [2.45, 2.75) is 0 Å². The van der Waals surface area contributed by atoms with Crippen molar-refractivity contribution in [2.24, 2.45) is 0 Å². The van der Waals surface area contributed by atoms with E-state index in [1.807, 2.05) is 65.9 Å². The van der Waals surface area contributed by atoms with E-state index >= 15 is 0 Å². The molecule has 12 aromatic rings. The zero-order chi connectivity index (χ0) is 37.5. The van der Waals surface area contributed by atoms with Gasteiger partial charge in [-0.2, -0.15) is 0 Å². The molecular formula is C51H30N4OS. The number of benzene rings is 8. The van der Waals surface area contributed by atoms with Gasteiger partial charge in [0, 0.05) is 64.1 Å². The topological polar surface area (TPSA) is 56.7 Å². The highest BCUT2D eigenvalue weighted by Crippen LogP contribution is 2.43. The van der Waals surface area contributed by atoms with Gasteiger partial charge in [-0.15, -0.1) is 11.3 Å². The Hall–Kier alpha value is -7.41. The fourth-order valence-electron chi connectivity index (χ4n) is 8.39. The Balaban J connectivity index is 0.987. The van der Waals surface area contributed by atoms with Gasteiger partial charge < -0.3 is 8.98 Å². The van der Waals surface area contributed by atoms with E-state index in [1.54, 1.807) is 0 Å². The Kier molecular flexibility index (Phi) is 7.03. The summed E-state index contributed by atoms with van der Waals surface area (Å²) in [6.45, 7) is 0. The van der Waals surface area contributed by atoms with Crippen molar-refractivity contribution >= 4 is 75.3 Å². The molecule has 0 N–H and O–H groups in total. The third-order valence-corrected chi connectivity index (χ3v) is 12.2. The zero-order valence-corrected chi connectivity index (χ0v) is 31.2. The van der Waals surface area contributed by atoms with Crippen molar-refractivity contribution in [3.05, 3.63) is 182 Å². The van der Waals surface area contributed by atoms with Crippen molar-refractivity contribution in [3.8, 4) is 51.0 Å². The molecule has 0 spiro atoms. The molecular weight excluding hydrogens is 717 g/mol. The number of thiophene rings is 1. The maximum Gasteiger partial charge on any atom is 0.164 e. The first-order chi connectivity index (χ1) is 28.2. The highest BCUT2D eigenvalue weighted by molar-refractivity contribution is 7.26. The van der Waals surface area contributed by atoms with E-state index in [9.17, 15) is 0 Å². The average Bonchev–Trinajstić information content (AvgIpc) is 3.96. The molecule has 0 fully saturated rings. The van der Waals surface area contributed by atoms with Crippen LogP contribution in [0.4, 0.5) is 0 Å². The largest absolute Gasteiger partial charge is 0.456 e. The van der Waals surface area contributed by atoms with Crippen LogP contribution in [0.1, 0.15) is 0 Å². The molecule has 0 amide bonds. The minimum Gasteiger partial charge on any atom is -0.456 e. The first-order valence-corrected chi connectivity index (χ1v) is 19.8. The number of hydrogen-bond donors (Lipinski definition) is 0. The molecule has 266 valence electrons. The van der Waals surface area contributed by atoms with Gasteiger partial charge >= 0.3 is 0 Å². The second-order valence-electron chi connectivity index (χ2n) is 14.4. The smallest absolute Gasteiger partial charge is 0.164 e. The summed E-state index contributed by atoms with van der Waals surface area (Å²) in [5, 5.41) is 7.34. The van der Waals surface area contributed by atoms with E-state index in [0.717, 1.165) is 55.4 Å². The van der Waals surface area contributed by atoms with Gasteiger partial charge in [-0.1, -0.05) is 127 Å². The van der Waals surface area contributed by atoms with Crippen LogP contribution in [-0.4, -0.2) is 19.5 Å². The Bertz CT molecular complexity index is 3540. The van der Waals surface area contributed by atoms with E-state index in [2.05, 4.69) is 132 Å². The molecule has 0 aliphatic heterocycles. The normalized spacial score (nSPS) is 11.9. The van der Waals surface area contributed by atoms with Gasteiger partial charge in [0.05, 0.1) is 11.0 Å². The lowest BCUT2D eigenvalue weighted by atomic mass is 10.0. The maximum atomic E-state index is 6.25. The summed E-state index contributed by atoms with van der Waals surface area (Å²) >= 11 is 1.88. The van der Waals surface area contributed by atoms with E-state index in [1.165, 1.54) is 42.0 Å². The summed E-state index contributed by atoms with van der Waals surface area (Å²) in [6, 6.07) is 63.8. The van der Waals surface area contributed by atoms with Crippen molar-refractivity contribution in [2.75, 3.05) is 0 Å². The molecule has 5 nitrogen and oxygen atoms in total. The van der Waals surface area contributed by atoms with Gasteiger partial charge in [0.1, 0.15) is 11.2 Å². The third kappa shape index (κ3) is 5.12. The number of rotatable bonds is 5. The van der Waals surface area contributed by atoms with Crippen LogP contribution in [0.15, 0.2) is 186 Å². The highest BCUT2D eigenvalue weighted by Gasteiger charge is 2.19. The monoisotopic (exact) mass is 746 g/mol. The molecule has 8 aromatic carbocycles. The summed E-state index contributed by atoms with van der Waals surface area (Å²) in [5.74, 6) is 1.82. The Morgan fingerprint density at radius 1 is 0.386 bits per heavy atom. The molecule has 6 heteroatoms. The standard InChI is InChI=1S/C51H30N4OS/c1-2-12-31(13-3-1)49-52-50(54-51(53-49)35-24-25-38-37-18-5-8-22-44(37)56-45(38)30-35)34-16-10-14-32(28-34)33-15-11-17-36(29-33)55-42-21-7-4-20-41(42)47-43(55)27-26-40-39-19-6-9-23-46(39)57-48(40)47/h1-30H. The number of nitrogens with zero attached hydrogens (tertiary/aromatic N) is 4. The summed E-state index contributed by atoms with van der Waals surface area (Å²) < 4.78 is 11.3. The van der Waals surface area contributed by atoms with Crippen molar-refractivity contribution in [3.63, 3.8) is 0 Å². The number of fused-ring (bicyclic) bond motifs is 10. The van der Waals surface area contributed by atoms with Gasteiger partial charge in [0.2, 0.25) is 0 Å². The van der Waals surface area contributed by atoms with E-state index < -0.39 is 0 Å². The molecule has 0 aliphatic rings. The molecule has 4 heterocycles. The lowest BCUT2D eigenvalue weighted by Crippen LogP contribution is -2.00. The number of furan rings is 1. The first kappa shape index (κ1) is 31.9. The quantitative estimate of drug-likeness (QED) is 0.176. The molecule has 0 radical (unpaired) electrons. The lowest BCUT2D eigenvalue weighted by molar-refractivity contribution is 0.669. The van der Waals surface area contributed by atoms with Gasteiger partial charge in [-0.25, -0.2) is 15.0 Å². The van der Waals surface area contributed by atoms with E-state index in [4.69, 9.17) is 19.4 Å². The van der Waals surface area contributed by atoms with Gasteiger partial charge in [-0.05, 0) is 65.7 Å². The van der Waals surface area contributed by atoms with Crippen LogP contribution in [0.2, 0.25) is 0 Å². The molecule has 0 unspecified atom stereocenters. The summed E-state index contributed by atoms with van der Waals surface area (Å²) in [7, 11) is 0. The van der Waals surface area contributed by atoms with E-state index in [0.29, 0.717) is 17.5 Å². The SMILES string of the molecule is c1ccc(-c2nc(-c3cccc(-c4cccc(-n5c6ccccc6c6c7sc8ccccc8c7ccc65)c4)c3)nc(-c3ccc4c(c3)oc3ccccc34)n2)cc1. The molecule has 12 rings (SSSR count). The average molecular weight is 747 g/mol. The Labute approximate surface area is 330 Å². The number of para-hydroxylation sites is 2. The lowest BCUT2D eigenvalue weighted by Gasteiger charge is -2.12. The van der Waals surface area contributed by atoms with Gasteiger partial charge in [0.25, 0.3) is 0 Å². The molecule has 0 bridgehead atoms. The summed E-state index contributed by atoms with van der Waals surface area (Å²) in [6.07, 6.45) is 0. The predicted molar refractivity (Wildman–Crippen MR) is 236 cm³/mol. The Morgan fingerprint density at radius 2 is 1.00 bits per heavy atom. The fraction of sp³-hybridized carbons (Fsp3) is 0. The van der Waals surface area contributed by atoms with Gasteiger partial charge in [0.15, 0.2) is 17.5 Å². The molecule has 0 saturated heterocycles. The Morgan fingerprint density at radius 3 is 1.86 bits per heavy atom. The third-order valence-electron chi connectivity index (χ3n) is 11.0. The summed E-state index contributed by atoms with van der Waals surface area (Å²) in [4.78, 5) is 15.1. The van der Waals surface area contributed by atoms with Crippen LogP contribution < -0.4 is 0 Å². The van der Waals surface area contributed by atoms with Crippen LogP contribution in [-0.2, 0) is 0 Å². The van der Waals surface area contributed by atoms with Crippen molar-refractivity contribution < 1.29 is 4.42 Å². The minimum absolute atomic E-state index is 0.590. The molecule has 0 atom stereocenters. The van der Waals surface area contributed by atoms with Crippen LogP contribution in [0.3, 0.4) is 0 Å². The number of hydrogen-bond acceptors (Lipinski definition) is 5. The number of aromatic nitrogens is 4. The minimum atomic E-state index is 0.590. The predicted octanol–water partition coefficient (Wildman–Crippen LogP) is 13.9. The van der Waals surface area contributed by atoms with Crippen LogP contribution >= 0.6 is 11.3 Å². The van der Waals surface area contributed by atoms with E-state index in [-0.39, 0.29) is 0 Å². The van der Waals surface area contributed by atoms with Gasteiger partial charge in [-0.3, -0.25) is 0 Å². The van der Waals surface area contributed by atoms with Crippen molar-refractivity contribution in [1.82, 2.24) is 19.5 Å². The second-order valence-corrected chi connectivity index (χ2v) is 15.5. The molecule has 0 aliphatic carbocycles. The fourth-order valence-corrected chi connectivity index (χ4v) is 9.65. The van der Waals surface area contributed by atoms with Crippen molar-refractivity contribution in [1.29, 1.82) is 0 Å². The second kappa shape index (κ2) is 12.6. The highest BCUT2D eigenvalue weighted by atomic mass is 32.1. The zero-order valence-electron chi connectivity index (χ0n) is 30.4. The van der Waals surface area contributed by atoms with Crippen LogP contribution in [0.5, 0.6) is 0 Å². The molecule has 57 heavy (non-hydrogen) atoms. The molecule has 4 aromatic heterocycles. The molecule has 0 saturated carbocycles. The summed E-state index contributed by atoms with van der Waals surface area (Å²) in [5.41, 5.74) is 10.1. The first-order valence-electron chi connectivity index (χ1n) is 19.0. The maximum absolute atomic E-state index is 6.25.